The number of ether oxygens (including phenoxy) is 1. The molecule has 1 saturated heterocycles. The lowest BCUT2D eigenvalue weighted by atomic mass is 10.0. The van der Waals surface area contributed by atoms with Crippen LogP contribution in [0.4, 0.5) is 10.1 Å². The number of anilines is 1. The monoisotopic (exact) mass is 330 g/mol. The van der Waals surface area contributed by atoms with Crippen LogP contribution in [0.5, 0.6) is 0 Å². The highest BCUT2D eigenvalue weighted by atomic mass is 79.9. The van der Waals surface area contributed by atoms with Crippen molar-refractivity contribution in [3.63, 3.8) is 0 Å². The number of halogens is 2. The van der Waals surface area contributed by atoms with E-state index >= 15 is 0 Å². The van der Waals surface area contributed by atoms with Crippen molar-refractivity contribution in [2.45, 2.75) is 13.0 Å². The molecule has 2 rings (SSSR count). The van der Waals surface area contributed by atoms with E-state index in [1.165, 1.54) is 6.07 Å². The molecule has 6 heteroatoms. The van der Waals surface area contributed by atoms with Gasteiger partial charge in [-0.15, -0.1) is 0 Å². The average Bonchev–Trinajstić information content (AvgIpc) is 2.83. The Morgan fingerprint density at radius 1 is 1.53 bits per heavy atom. The lowest BCUT2D eigenvalue weighted by molar-refractivity contribution is -0.120. The second-order valence-corrected chi connectivity index (χ2v) is 5.28. The molecule has 1 aliphatic heterocycles. The Morgan fingerprint density at radius 2 is 2.32 bits per heavy atom. The van der Waals surface area contributed by atoms with Gasteiger partial charge in [-0.05, 0) is 40.7 Å². The van der Waals surface area contributed by atoms with E-state index in [0.29, 0.717) is 23.4 Å². The van der Waals surface area contributed by atoms with Gasteiger partial charge in [0.1, 0.15) is 5.82 Å². The van der Waals surface area contributed by atoms with Crippen LogP contribution in [0.15, 0.2) is 22.7 Å². The van der Waals surface area contributed by atoms with Crippen LogP contribution in [0.1, 0.15) is 6.92 Å². The number of likely N-dealkylation sites (N-methyl/N-ethyl adjacent to an activating group) is 1. The molecule has 0 aliphatic carbocycles. The lowest BCUT2D eigenvalue weighted by Crippen LogP contribution is -2.41. The highest BCUT2D eigenvalue weighted by Crippen LogP contribution is 2.21. The van der Waals surface area contributed by atoms with Crippen LogP contribution in [-0.4, -0.2) is 31.7 Å². The van der Waals surface area contributed by atoms with Gasteiger partial charge in [-0.2, -0.15) is 0 Å². The van der Waals surface area contributed by atoms with E-state index in [4.69, 9.17) is 4.74 Å². The van der Waals surface area contributed by atoms with E-state index in [1.54, 1.807) is 12.1 Å². The van der Waals surface area contributed by atoms with Crippen LogP contribution in [0, 0.1) is 11.7 Å². The number of hydrogen-bond donors (Lipinski definition) is 2. The van der Waals surface area contributed by atoms with E-state index in [2.05, 4.69) is 26.6 Å². The normalized spacial score (nSPS) is 22.5. The van der Waals surface area contributed by atoms with Crippen LogP contribution in [0.25, 0.3) is 0 Å². The summed E-state index contributed by atoms with van der Waals surface area (Å²) in [6.07, 6.45) is 0. The maximum Gasteiger partial charge on any atom is 0.231 e. The Hall–Kier alpha value is -0.980. The van der Waals surface area contributed by atoms with Gasteiger partial charge >= 0.3 is 0 Å². The fraction of sp³-hybridized carbons (Fsp3) is 0.462. The minimum atomic E-state index is -0.399. The molecule has 2 atom stereocenters. The fourth-order valence-corrected chi connectivity index (χ4v) is 2.33. The van der Waals surface area contributed by atoms with E-state index in [0.717, 1.165) is 6.54 Å². The number of amides is 1. The van der Waals surface area contributed by atoms with Crippen molar-refractivity contribution >= 4 is 27.5 Å². The molecule has 0 saturated carbocycles. The number of carbonyl (C=O) groups is 1. The SMILES string of the molecule is CCNC1COCC1C(=O)Nc1ccc(Br)c(F)c1. The summed E-state index contributed by atoms with van der Waals surface area (Å²) in [4.78, 5) is 12.1. The fourth-order valence-electron chi connectivity index (χ4n) is 2.08. The first-order valence-electron chi connectivity index (χ1n) is 6.19. The molecule has 1 aliphatic rings. The molecule has 0 aromatic heterocycles. The van der Waals surface area contributed by atoms with Crippen LogP contribution in [0.2, 0.25) is 0 Å². The highest BCUT2D eigenvalue weighted by molar-refractivity contribution is 9.10. The average molecular weight is 331 g/mol. The minimum Gasteiger partial charge on any atom is -0.379 e. The molecule has 4 nitrogen and oxygen atoms in total. The first-order valence-corrected chi connectivity index (χ1v) is 6.98. The van der Waals surface area contributed by atoms with Gasteiger partial charge in [0.2, 0.25) is 5.91 Å². The Labute approximate surface area is 119 Å². The van der Waals surface area contributed by atoms with Crippen molar-refractivity contribution < 1.29 is 13.9 Å². The third-order valence-electron chi connectivity index (χ3n) is 3.07. The summed E-state index contributed by atoms with van der Waals surface area (Å²) in [5.74, 6) is -0.791. The first-order chi connectivity index (χ1) is 9.11. The summed E-state index contributed by atoms with van der Waals surface area (Å²) in [7, 11) is 0. The molecule has 0 spiro atoms. The van der Waals surface area contributed by atoms with E-state index in [-0.39, 0.29) is 17.9 Å². The second kappa shape index (κ2) is 6.45. The predicted octanol–water partition coefficient (Wildman–Crippen LogP) is 2.15. The van der Waals surface area contributed by atoms with E-state index in [9.17, 15) is 9.18 Å². The molecular weight excluding hydrogens is 315 g/mol. The minimum absolute atomic E-state index is 0.0188. The second-order valence-electron chi connectivity index (χ2n) is 4.43. The molecule has 1 heterocycles. The molecule has 0 bridgehead atoms. The van der Waals surface area contributed by atoms with Gasteiger partial charge in [0.05, 0.1) is 23.6 Å². The number of nitrogens with one attached hydrogen (secondary N) is 2. The van der Waals surface area contributed by atoms with Gasteiger partial charge in [-0.25, -0.2) is 4.39 Å². The predicted molar refractivity (Wildman–Crippen MR) is 74.5 cm³/mol. The molecule has 0 radical (unpaired) electrons. The largest absolute Gasteiger partial charge is 0.379 e. The molecule has 1 fully saturated rings. The number of benzene rings is 1. The molecule has 1 amide bonds. The molecule has 2 unspecified atom stereocenters. The van der Waals surface area contributed by atoms with Gasteiger partial charge in [0.25, 0.3) is 0 Å². The van der Waals surface area contributed by atoms with Gasteiger partial charge < -0.3 is 15.4 Å². The standard InChI is InChI=1S/C13H16BrFN2O2/c1-2-16-12-7-19-6-9(12)13(18)17-8-3-4-10(14)11(15)5-8/h3-5,9,12,16H,2,6-7H2,1H3,(H,17,18). The smallest absolute Gasteiger partial charge is 0.231 e. The lowest BCUT2D eigenvalue weighted by Gasteiger charge is -2.17. The molecule has 1 aromatic rings. The maximum absolute atomic E-state index is 13.4. The van der Waals surface area contributed by atoms with Crippen molar-refractivity contribution in [2.75, 3.05) is 25.1 Å². The van der Waals surface area contributed by atoms with Crippen LogP contribution in [-0.2, 0) is 9.53 Å². The zero-order chi connectivity index (χ0) is 13.8. The van der Waals surface area contributed by atoms with Gasteiger partial charge in [-0.3, -0.25) is 4.79 Å². The quantitative estimate of drug-likeness (QED) is 0.889. The van der Waals surface area contributed by atoms with Crippen molar-refractivity contribution in [1.29, 1.82) is 0 Å². The van der Waals surface area contributed by atoms with Crippen molar-refractivity contribution in [3.8, 4) is 0 Å². The highest BCUT2D eigenvalue weighted by Gasteiger charge is 2.33. The van der Waals surface area contributed by atoms with Crippen molar-refractivity contribution in [2.24, 2.45) is 5.92 Å². The Bertz CT molecular complexity index is 470. The van der Waals surface area contributed by atoms with E-state index < -0.39 is 5.82 Å². The molecular formula is C13H16BrFN2O2. The summed E-state index contributed by atoms with van der Waals surface area (Å²) in [5, 5.41) is 5.93. The number of carbonyl (C=O) groups excluding carboxylic acids is 1. The third kappa shape index (κ3) is 3.52. The van der Waals surface area contributed by atoms with Gasteiger partial charge in [-0.1, -0.05) is 6.92 Å². The van der Waals surface area contributed by atoms with Gasteiger partial charge in [0, 0.05) is 11.7 Å². The summed E-state index contributed by atoms with van der Waals surface area (Å²) in [5.41, 5.74) is 0.452. The third-order valence-corrected chi connectivity index (χ3v) is 3.71. The van der Waals surface area contributed by atoms with Gasteiger partial charge in [0.15, 0.2) is 0 Å². The van der Waals surface area contributed by atoms with Crippen molar-refractivity contribution in [1.82, 2.24) is 5.32 Å². The molecule has 1 aromatic carbocycles. The Kier molecular flexibility index (Phi) is 4.90. The summed E-state index contributed by atoms with van der Waals surface area (Å²) in [6, 6.07) is 4.53. The Balaban J connectivity index is 2.02. The maximum atomic E-state index is 13.4. The van der Waals surface area contributed by atoms with Crippen LogP contribution < -0.4 is 10.6 Å². The summed E-state index contributed by atoms with van der Waals surface area (Å²) >= 11 is 3.07. The molecule has 2 N–H and O–H groups in total. The molecule has 104 valence electrons. The first kappa shape index (κ1) is 14.4. The Morgan fingerprint density at radius 3 is 3.00 bits per heavy atom. The van der Waals surface area contributed by atoms with E-state index in [1.807, 2.05) is 6.92 Å². The summed E-state index contributed by atoms with van der Waals surface area (Å²) < 4.78 is 19.1. The zero-order valence-electron chi connectivity index (χ0n) is 10.6. The number of hydrogen-bond acceptors (Lipinski definition) is 3. The van der Waals surface area contributed by atoms with Crippen LogP contribution >= 0.6 is 15.9 Å². The molecule has 19 heavy (non-hydrogen) atoms. The zero-order valence-corrected chi connectivity index (χ0v) is 12.2. The number of rotatable bonds is 4. The van der Waals surface area contributed by atoms with Crippen LogP contribution in [0.3, 0.4) is 0 Å². The summed E-state index contributed by atoms with van der Waals surface area (Å²) in [6.45, 7) is 3.69. The van der Waals surface area contributed by atoms with Crippen molar-refractivity contribution in [3.05, 3.63) is 28.5 Å². The topological polar surface area (TPSA) is 50.4 Å².